The highest BCUT2D eigenvalue weighted by Gasteiger charge is 2.37. The van der Waals surface area contributed by atoms with Gasteiger partial charge in [-0.25, -0.2) is 0 Å². The van der Waals surface area contributed by atoms with Gasteiger partial charge in [-0.1, -0.05) is 6.92 Å². The van der Waals surface area contributed by atoms with Crippen LogP contribution in [0.2, 0.25) is 0 Å². The van der Waals surface area contributed by atoms with Crippen molar-refractivity contribution in [3.8, 4) is 0 Å². The molecule has 4 unspecified atom stereocenters. The van der Waals surface area contributed by atoms with E-state index in [1.807, 2.05) is 7.11 Å². The van der Waals surface area contributed by atoms with E-state index in [0.29, 0.717) is 18.1 Å². The Kier molecular flexibility index (Phi) is 4.64. The minimum Gasteiger partial charge on any atom is -0.394 e. The fourth-order valence-electron chi connectivity index (χ4n) is 3.51. The Hall–Kier alpha value is -0.160. The third kappa shape index (κ3) is 3.05. The van der Waals surface area contributed by atoms with E-state index in [4.69, 9.17) is 10.5 Å². The third-order valence-corrected chi connectivity index (χ3v) is 4.91. The summed E-state index contributed by atoms with van der Waals surface area (Å²) in [5.74, 6) is 0.648. The number of hydrogen-bond acceptors (Lipinski definition) is 4. The average molecular weight is 256 g/mol. The molecule has 3 N–H and O–H groups in total. The largest absolute Gasteiger partial charge is 0.394 e. The fraction of sp³-hybridized carbons (Fsp3) is 1.00. The van der Waals surface area contributed by atoms with Crippen LogP contribution in [0.3, 0.4) is 0 Å². The molecule has 0 aromatic heterocycles. The summed E-state index contributed by atoms with van der Waals surface area (Å²) < 4.78 is 5.58. The van der Waals surface area contributed by atoms with Crippen molar-refractivity contribution < 1.29 is 9.84 Å². The van der Waals surface area contributed by atoms with Gasteiger partial charge in [0.15, 0.2) is 0 Å². The first kappa shape index (κ1) is 14.3. The molecule has 0 spiro atoms. The molecule has 4 atom stereocenters. The van der Waals surface area contributed by atoms with E-state index >= 15 is 0 Å². The van der Waals surface area contributed by atoms with Gasteiger partial charge in [0.1, 0.15) is 0 Å². The fourth-order valence-corrected chi connectivity index (χ4v) is 3.51. The SMILES string of the molecule is COC1CN(C2CCCC(N)(CO)C2)CCC1C. The quantitative estimate of drug-likeness (QED) is 0.790. The van der Waals surface area contributed by atoms with E-state index in [2.05, 4.69) is 11.8 Å². The van der Waals surface area contributed by atoms with Gasteiger partial charge in [-0.05, 0) is 44.6 Å². The Bertz CT molecular complexity index is 275. The van der Waals surface area contributed by atoms with Crippen molar-refractivity contribution in [2.75, 3.05) is 26.8 Å². The van der Waals surface area contributed by atoms with Crippen molar-refractivity contribution in [3.63, 3.8) is 0 Å². The summed E-state index contributed by atoms with van der Waals surface area (Å²) in [6.45, 7) is 4.55. The number of hydrogen-bond donors (Lipinski definition) is 2. The van der Waals surface area contributed by atoms with Crippen molar-refractivity contribution in [3.05, 3.63) is 0 Å². The van der Waals surface area contributed by atoms with Crippen LogP contribution in [0, 0.1) is 5.92 Å². The second kappa shape index (κ2) is 5.87. The van der Waals surface area contributed by atoms with Gasteiger partial charge in [0.2, 0.25) is 0 Å². The van der Waals surface area contributed by atoms with E-state index in [-0.39, 0.29) is 12.1 Å². The van der Waals surface area contributed by atoms with E-state index < -0.39 is 0 Å². The summed E-state index contributed by atoms with van der Waals surface area (Å²) in [6.07, 6.45) is 5.77. The van der Waals surface area contributed by atoms with Crippen LogP contribution in [0.5, 0.6) is 0 Å². The first-order valence-corrected chi connectivity index (χ1v) is 7.24. The molecule has 0 radical (unpaired) electrons. The molecular weight excluding hydrogens is 228 g/mol. The lowest BCUT2D eigenvalue weighted by molar-refractivity contribution is -0.0318. The second-order valence-electron chi connectivity index (χ2n) is 6.31. The smallest absolute Gasteiger partial charge is 0.0724 e. The highest BCUT2D eigenvalue weighted by molar-refractivity contribution is 4.95. The molecule has 1 saturated heterocycles. The normalized spacial score (nSPS) is 43.0. The zero-order valence-electron chi connectivity index (χ0n) is 11.8. The summed E-state index contributed by atoms with van der Waals surface area (Å²) >= 11 is 0. The standard InChI is InChI=1S/C14H28N2O2/c1-11-5-7-16(9-13(11)18-2)12-4-3-6-14(15,8-12)10-17/h11-13,17H,3-10,15H2,1-2H3. The monoisotopic (exact) mass is 256 g/mol. The second-order valence-corrected chi connectivity index (χ2v) is 6.31. The van der Waals surface area contributed by atoms with Crippen molar-refractivity contribution in [1.29, 1.82) is 0 Å². The number of aliphatic hydroxyl groups excluding tert-OH is 1. The van der Waals surface area contributed by atoms with Crippen LogP contribution >= 0.6 is 0 Å². The maximum atomic E-state index is 9.44. The number of nitrogens with two attached hydrogens (primary N) is 1. The molecule has 4 heteroatoms. The predicted molar refractivity (Wildman–Crippen MR) is 72.4 cm³/mol. The maximum Gasteiger partial charge on any atom is 0.0724 e. The average Bonchev–Trinajstić information content (AvgIpc) is 2.39. The minimum atomic E-state index is -0.353. The lowest BCUT2D eigenvalue weighted by atomic mass is 9.79. The molecule has 2 aliphatic rings. The molecule has 0 aromatic rings. The van der Waals surface area contributed by atoms with Gasteiger partial charge in [0.05, 0.1) is 12.7 Å². The van der Waals surface area contributed by atoms with Gasteiger partial charge in [0, 0.05) is 25.2 Å². The van der Waals surface area contributed by atoms with Crippen molar-refractivity contribution >= 4 is 0 Å². The number of piperidine rings is 1. The molecule has 18 heavy (non-hydrogen) atoms. The van der Waals surface area contributed by atoms with Crippen LogP contribution in [0.1, 0.15) is 39.0 Å². The van der Waals surface area contributed by atoms with Crippen LogP contribution < -0.4 is 5.73 Å². The minimum absolute atomic E-state index is 0.113. The zero-order chi connectivity index (χ0) is 13.2. The first-order valence-electron chi connectivity index (χ1n) is 7.24. The molecule has 4 nitrogen and oxygen atoms in total. The van der Waals surface area contributed by atoms with Gasteiger partial charge >= 0.3 is 0 Å². The lowest BCUT2D eigenvalue weighted by Crippen LogP contribution is -2.56. The number of methoxy groups -OCH3 is 1. The highest BCUT2D eigenvalue weighted by Crippen LogP contribution is 2.32. The Morgan fingerprint density at radius 3 is 2.89 bits per heavy atom. The number of aliphatic hydroxyl groups is 1. The Balaban J connectivity index is 1.95. The molecule has 106 valence electrons. The summed E-state index contributed by atoms with van der Waals surface area (Å²) in [5, 5.41) is 9.44. The van der Waals surface area contributed by atoms with Gasteiger partial charge in [-0.15, -0.1) is 0 Å². The Morgan fingerprint density at radius 2 is 2.22 bits per heavy atom. The van der Waals surface area contributed by atoms with Crippen molar-refractivity contribution in [2.45, 2.75) is 56.7 Å². The van der Waals surface area contributed by atoms with Crippen LogP contribution in [-0.2, 0) is 4.74 Å². The zero-order valence-corrected chi connectivity index (χ0v) is 11.8. The molecular formula is C14H28N2O2. The van der Waals surface area contributed by atoms with Crippen molar-refractivity contribution in [2.24, 2.45) is 11.7 Å². The Morgan fingerprint density at radius 1 is 1.44 bits per heavy atom. The van der Waals surface area contributed by atoms with E-state index in [1.54, 1.807) is 0 Å². The molecule has 1 aliphatic carbocycles. The van der Waals surface area contributed by atoms with E-state index in [1.165, 1.54) is 12.8 Å². The van der Waals surface area contributed by atoms with Gasteiger partial charge in [-0.3, -0.25) is 4.90 Å². The predicted octanol–water partition coefficient (Wildman–Crippen LogP) is 0.976. The van der Waals surface area contributed by atoms with Crippen LogP contribution in [-0.4, -0.2) is 54.5 Å². The van der Waals surface area contributed by atoms with Crippen LogP contribution in [0.25, 0.3) is 0 Å². The van der Waals surface area contributed by atoms with Gasteiger partial charge in [0.25, 0.3) is 0 Å². The molecule has 2 rings (SSSR count). The lowest BCUT2D eigenvalue weighted by Gasteiger charge is -2.46. The number of nitrogens with zero attached hydrogens (tertiary/aromatic N) is 1. The number of rotatable bonds is 3. The molecule has 0 aromatic carbocycles. The summed E-state index contributed by atoms with van der Waals surface area (Å²) in [5.41, 5.74) is 5.89. The first-order chi connectivity index (χ1) is 8.58. The summed E-state index contributed by atoms with van der Waals surface area (Å²) in [7, 11) is 1.81. The van der Waals surface area contributed by atoms with E-state index in [0.717, 1.165) is 32.4 Å². The Labute approximate surface area is 110 Å². The van der Waals surface area contributed by atoms with Gasteiger partial charge < -0.3 is 15.6 Å². The molecule has 0 bridgehead atoms. The van der Waals surface area contributed by atoms with Crippen molar-refractivity contribution in [1.82, 2.24) is 4.90 Å². The number of ether oxygens (including phenoxy) is 1. The third-order valence-electron chi connectivity index (χ3n) is 4.91. The maximum absolute atomic E-state index is 9.44. The van der Waals surface area contributed by atoms with Crippen LogP contribution in [0.4, 0.5) is 0 Å². The molecule has 1 aliphatic heterocycles. The molecule has 0 amide bonds. The molecule has 1 heterocycles. The van der Waals surface area contributed by atoms with Gasteiger partial charge in [-0.2, -0.15) is 0 Å². The molecule has 2 fully saturated rings. The summed E-state index contributed by atoms with van der Waals surface area (Å²) in [6, 6.07) is 0.529. The van der Waals surface area contributed by atoms with Crippen LogP contribution in [0.15, 0.2) is 0 Å². The number of likely N-dealkylation sites (tertiary alicyclic amines) is 1. The summed E-state index contributed by atoms with van der Waals surface area (Å²) in [4.78, 5) is 2.53. The highest BCUT2D eigenvalue weighted by atomic mass is 16.5. The van der Waals surface area contributed by atoms with E-state index in [9.17, 15) is 5.11 Å². The topological polar surface area (TPSA) is 58.7 Å². The molecule has 1 saturated carbocycles.